The number of nitrogens with zero attached hydrogens (tertiary/aromatic N) is 3. The molecule has 1 saturated heterocycles. The minimum absolute atomic E-state index is 0.478. The Morgan fingerprint density at radius 3 is 3.05 bits per heavy atom. The molecule has 1 fully saturated rings. The van der Waals surface area contributed by atoms with Crippen LogP contribution in [-0.2, 0) is 0 Å². The van der Waals surface area contributed by atoms with Crippen LogP contribution in [0, 0.1) is 11.8 Å². The zero-order valence-electron chi connectivity index (χ0n) is 12.5. The fraction of sp³-hybridized carbons (Fsp3) is 0.353. The second-order valence-corrected chi connectivity index (χ2v) is 6.70. The van der Waals surface area contributed by atoms with E-state index in [1.54, 1.807) is 11.3 Å². The lowest BCUT2D eigenvalue weighted by Gasteiger charge is -2.38. The van der Waals surface area contributed by atoms with Crippen LogP contribution in [-0.4, -0.2) is 42.1 Å². The van der Waals surface area contributed by atoms with E-state index in [0.717, 1.165) is 41.9 Å². The first-order valence-electron chi connectivity index (χ1n) is 7.35. The first-order chi connectivity index (χ1) is 10.7. The van der Waals surface area contributed by atoms with E-state index in [1.165, 1.54) is 0 Å². The molecule has 1 aromatic heterocycles. The summed E-state index contributed by atoms with van der Waals surface area (Å²) in [6, 6.07) is 8.17. The molecule has 2 heterocycles. The molecule has 1 unspecified atom stereocenters. The predicted molar refractivity (Wildman–Crippen MR) is 93.7 cm³/mol. The van der Waals surface area contributed by atoms with Crippen LogP contribution in [0.25, 0.3) is 0 Å². The molecule has 22 heavy (non-hydrogen) atoms. The van der Waals surface area contributed by atoms with Crippen molar-refractivity contribution < 1.29 is 0 Å². The highest BCUT2D eigenvalue weighted by Crippen LogP contribution is 2.21. The molecule has 0 amide bonds. The third kappa shape index (κ3) is 3.80. The van der Waals surface area contributed by atoms with Gasteiger partial charge in [0.2, 0.25) is 0 Å². The van der Waals surface area contributed by atoms with Gasteiger partial charge in [-0.15, -0.1) is 11.3 Å². The molecule has 114 valence electrons. The number of hydrogen-bond donors (Lipinski definition) is 0. The van der Waals surface area contributed by atoms with E-state index in [2.05, 4.69) is 33.5 Å². The molecule has 1 atom stereocenters. The van der Waals surface area contributed by atoms with Crippen LogP contribution < -0.4 is 4.90 Å². The molecule has 0 aliphatic carbocycles. The summed E-state index contributed by atoms with van der Waals surface area (Å²) in [6.07, 6.45) is 1.87. The topological polar surface area (TPSA) is 19.4 Å². The van der Waals surface area contributed by atoms with Gasteiger partial charge in [-0.2, -0.15) is 0 Å². The molecule has 1 aliphatic heterocycles. The summed E-state index contributed by atoms with van der Waals surface area (Å²) in [5.74, 6) is 6.46. The van der Waals surface area contributed by atoms with Crippen LogP contribution in [0.3, 0.4) is 0 Å². The number of anilines is 1. The van der Waals surface area contributed by atoms with Crippen molar-refractivity contribution in [2.75, 3.05) is 31.1 Å². The molecule has 5 heteroatoms. The van der Waals surface area contributed by atoms with Gasteiger partial charge in [0.15, 0.2) is 5.13 Å². The average molecular weight is 332 g/mol. The highest BCUT2D eigenvalue weighted by Gasteiger charge is 2.24. The maximum Gasteiger partial charge on any atom is 0.185 e. The van der Waals surface area contributed by atoms with Gasteiger partial charge >= 0.3 is 0 Å². The van der Waals surface area contributed by atoms with Crippen LogP contribution in [0.15, 0.2) is 35.8 Å². The number of rotatable bonds is 2. The van der Waals surface area contributed by atoms with Gasteiger partial charge in [-0.05, 0) is 25.1 Å². The molecule has 0 N–H and O–H groups in total. The van der Waals surface area contributed by atoms with Gasteiger partial charge in [0.1, 0.15) is 0 Å². The van der Waals surface area contributed by atoms with Crippen molar-refractivity contribution in [3.8, 4) is 11.8 Å². The van der Waals surface area contributed by atoms with Crippen molar-refractivity contribution in [2.24, 2.45) is 0 Å². The summed E-state index contributed by atoms with van der Waals surface area (Å²) < 4.78 is 0. The molecular weight excluding hydrogens is 314 g/mol. The van der Waals surface area contributed by atoms with E-state index in [4.69, 9.17) is 11.6 Å². The van der Waals surface area contributed by atoms with Gasteiger partial charge in [-0.3, -0.25) is 4.90 Å². The van der Waals surface area contributed by atoms with E-state index >= 15 is 0 Å². The molecule has 0 radical (unpaired) electrons. The van der Waals surface area contributed by atoms with Gasteiger partial charge in [0, 0.05) is 47.8 Å². The molecule has 2 aromatic rings. The Balaban J connectivity index is 1.56. The van der Waals surface area contributed by atoms with Crippen LogP contribution in [0.5, 0.6) is 0 Å². The highest BCUT2D eigenvalue weighted by atomic mass is 35.5. The molecule has 3 rings (SSSR count). The van der Waals surface area contributed by atoms with Crippen molar-refractivity contribution in [1.82, 2.24) is 9.88 Å². The minimum Gasteiger partial charge on any atom is -0.345 e. The summed E-state index contributed by atoms with van der Waals surface area (Å²) in [4.78, 5) is 9.17. The van der Waals surface area contributed by atoms with Gasteiger partial charge in [0.25, 0.3) is 0 Å². The molecule has 1 aliphatic rings. The van der Waals surface area contributed by atoms with E-state index in [-0.39, 0.29) is 0 Å². The van der Waals surface area contributed by atoms with Crippen molar-refractivity contribution in [2.45, 2.75) is 13.0 Å². The zero-order valence-corrected chi connectivity index (χ0v) is 14.1. The summed E-state index contributed by atoms with van der Waals surface area (Å²) >= 11 is 7.68. The maximum atomic E-state index is 5.97. The molecule has 1 aromatic carbocycles. The van der Waals surface area contributed by atoms with Gasteiger partial charge in [-0.25, -0.2) is 4.98 Å². The molecule has 0 bridgehead atoms. The van der Waals surface area contributed by atoms with Crippen LogP contribution in [0.1, 0.15) is 12.5 Å². The highest BCUT2D eigenvalue weighted by molar-refractivity contribution is 7.13. The lowest BCUT2D eigenvalue weighted by Crippen LogP contribution is -2.52. The van der Waals surface area contributed by atoms with Crippen LogP contribution >= 0.6 is 22.9 Å². The van der Waals surface area contributed by atoms with Gasteiger partial charge in [0.05, 0.1) is 6.54 Å². The van der Waals surface area contributed by atoms with Gasteiger partial charge < -0.3 is 4.90 Å². The predicted octanol–water partition coefficient (Wildman–Crippen LogP) is 3.36. The number of thiazole rings is 1. The van der Waals surface area contributed by atoms with E-state index in [1.807, 2.05) is 35.8 Å². The van der Waals surface area contributed by atoms with Crippen molar-refractivity contribution >= 4 is 28.1 Å². The third-order valence-electron chi connectivity index (χ3n) is 3.79. The number of hydrogen-bond acceptors (Lipinski definition) is 4. The summed E-state index contributed by atoms with van der Waals surface area (Å²) in [7, 11) is 0. The Morgan fingerprint density at radius 2 is 2.32 bits per heavy atom. The second-order valence-electron chi connectivity index (χ2n) is 5.39. The Hall–Kier alpha value is -1.54. The smallest absolute Gasteiger partial charge is 0.185 e. The number of aromatic nitrogens is 1. The van der Waals surface area contributed by atoms with Gasteiger partial charge in [-0.1, -0.05) is 29.5 Å². The van der Waals surface area contributed by atoms with E-state index < -0.39 is 0 Å². The quantitative estimate of drug-likeness (QED) is 0.787. The number of piperazine rings is 1. The zero-order chi connectivity index (χ0) is 15.4. The third-order valence-corrected chi connectivity index (χ3v) is 4.86. The Kier molecular flexibility index (Phi) is 4.99. The molecule has 0 saturated carbocycles. The fourth-order valence-corrected chi connectivity index (χ4v) is 3.46. The van der Waals surface area contributed by atoms with E-state index in [9.17, 15) is 0 Å². The van der Waals surface area contributed by atoms with Crippen LogP contribution in [0.2, 0.25) is 5.02 Å². The molecule has 0 spiro atoms. The monoisotopic (exact) mass is 331 g/mol. The standard InChI is InChI=1S/C17H18ClN3S/c1-14-13-21(17-19-7-11-22-17)10-9-20(14)8-3-5-15-4-2-6-16(18)12-15/h2,4,6-7,11-12,14H,8-10,13H2,1H3. The lowest BCUT2D eigenvalue weighted by atomic mass is 10.2. The first-order valence-corrected chi connectivity index (χ1v) is 8.61. The fourth-order valence-electron chi connectivity index (χ4n) is 2.59. The van der Waals surface area contributed by atoms with Crippen molar-refractivity contribution in [3.05, 3.63) is 46.4 Å². The average Bonchev–Trinajstić information content (AvgIpc) is 3.03. The molecule has 3 nitrogen and oxygen atoms in total. The largest absolute Gasteiger partial charge is 0.345 e. The lowest BCUT2D eigenvalue weighted by molar-refractivity contribution is 0.213. The summed E-state index contributed by atoms with van der Waals surface area (Å²) in [5, 5.41) is 3.89. The number of benzene rings is 1. The SMILES string of the molecule is CC1CN(c2nccs2)CCN1CC#Cc1cccc(Cl)c1. The maximum absolute atomic E-state index is 5.97. The minimum atomic E-state index is 0.478. The Bertz CT molecular complexity index is 675. The van der Waals surface area contributed by atoms with E-state index in [0.29, 0.717) is 6.04 Å². The normalized spacial score (nSPS) is 18.8. The van der Waals surface area contributed by atoms with Crippen molar-refractivity contribution in [1.29, 1.82) is 0 Å². The first kappa shape index (κ1) is 15.4. The molecular formula is C17H18ClN3S. The van der Waals surface area contributed by atoms with Crippen molar-refractivity contribution in [3.63, 3.8) is 0 Å². The Morgan fingerprint density at radius 1 is 1.41 bits per heavy atom. The summed E-state index contributed by atoms with van der Waals surface area (Å²) in [6.45, 7) is 6.08. The number of halogens is 1. The van der Waals surface area contributed by atoms with Crippen LogP contribution in [0.4, 0.5) is 5.13 Å². The Labute approximate surface area is 140 Å². The second kappa shape index (κ2) is 7.15. The summed E-state index contributed by atoms with van der Waals surface area (Å²) in [5.41, 5.74) is 0.974.